The molecule has 172 valence electrons. The van der Waals surface area contributed by atoms with Crippen LogP contribution in [-0.4, -0.2) is 26.9 Å². The van der Waals surface area contributed by atoms with Crippen molar-refractivity contribution in [3.63, 3.8) is 0 Å². The molecular weight excluding hydrogens is 457 g/mol. The first-order valence-electron chi connectivity index (χ1n) is 10.4. The zero-order chi connectivity index (χ0) is 24.5. The summed E-state index contributed by atoms with van der Waals surface area (Å²) in [6.45, 7) is 0. The summed E-state index contributed by atoms with van der Waals surface area (Å²) in [5.74, 6) is -4.31. The number of halogens is 3. The van der Waals surface area contributed by atoms with Gasteiger partial charge in [0, 0.05) is 46.1 Å². The average Bonchev–Trinajstić information content (AvgIpc) is 3.40. The minimum Gasteiger partial charge on any atom is -0.319 e. The molecule has 0 spiro atoms. The minimum absolute atomic E-state index is 0.0861. The van der Waals surface area contributed by atoms with Crippen LogP contribution < -0.4 is 5.32 Å². The second kappa shape index (κ2) is 8.86. The summed E-state index contributed by atoms with van der Waals surface area (Å²) >= 11 is 0. The summed E-state index contributed by atoms with van der Waals surface area (Å²) < 4.78 is 42.9. The van der Waals surface area contributed by atoms with Crippen LogP contribution in [0.15, 0.2) is 79.3 Å². The van der Waals surface area contributed by atoms with Crippen LogP contribution in [0.2, 0.25) is 0 Å². The zero-order valence-electron chi connectivity index (χ0n) is 17.9. The number of carbonyl (C=O) groups is 2. The van der Waals surface area contributed by atoms with Crippen LogP contribution in [0.1, 0.15) is 26.3 Å². The highest BCUT2D eigenvalue weighted by Gasteiger charge is 2.21. The first-order valence-corrected chi connectivity index (χ1v) is 10.4. The van der Waals surface area contributed by atoms with Crippen LogP contribution in [0, 0.1) is 17.5 Å². The number of fused-ring (bicyclic) bond motifs is 1. The Morgan fingerprint density at radius 1 is 0.829 bits per heavy atom. The fourth-order valence-corrected chi connectivity index (χ4v) is 3.66. The summed E-state index contributed by atoms with van der Waals surface area (Å²) in [6.07, 6.45) is 4.98. The number of carbonyl (C=O) groups excluding carboxylic acids is 2. The standard InChI is InChI=1S/C26H15F3N4O2/c27-19-3-1-2-15(8-19)26(35)33-23-10-20(28)9-21(24(23)29)25(34)14-4-5-22-16(6-14)7-17(11-30-22)18-12-31-32-13-18/h1-13H,(H,31,32)(H,33,35). The van der Waals surface area contributed by atoms with Crippen LogP contribution in [0.5, 0.6) is 0 Å². The summed E-state index contributed by atoms with van der Waals surface area (Å²) in [5.41, 5.74) is 1.09. The zero-order valence-corrected chi connectivity index (χ0v) is 17.9. The Morgan fingerprint density at radius 3 is 2.46 bits per heavy atom. The lowest BCUT2D eigenvalue weighted by Gasteiger charge is -2.11. The van der Waals surface area contributed by atoms with Gasteiger partial charge in [0.2, 0.25) is 0 Å². The molecule has 0 unspecified atom stereocenters. The number of aromatic amines is 1. The normalized spacial score (nSPS) is 10.9. The number of aromatic nitrogens is 3. The van der Waals surface area contributed by atoms with Crippen LogP contribution in [0.25, 0.3) is 22.0 Å². The highest BCUT2D eigenvalue weighted by atomic mass is 19.1. The number of nitrogens with zero attached hydrogens (tertiary/aromatic N) is 2. The number of hydrogen-bond donors (Lipinski definition) is 2. The molecule has 9 heteroatoms. The number of pyridine rings is 1. The Balaban J connectivity index is 1.49. The quantitative estimate of drug-likeness (QED) is 0.330. The van der Waals surface area contributed by atoms with Gasteiger partial charge < -0.3 is 5.32 Å². The van der Waals surface area contributed by atoms with Gasteiger partial charge in [-0.3, -0.25) is 19.7 Å². The number of rotatable bonds is 5. The van der Waals surface area contributed by atoms with Gasteiger partial charge >= 0.3 is 0 Å². The van der Waals surface area contributed by atoms with Crippen molar-refractivity contribution in [1.29, 1.82) is 0 Å². The van der Waals surface area contributed by atoms with Gasteiger partial charge in [-0.15, -0.1) is 0 Å². The van der Waals surface area contributed by atoms with Gasteiger partial charge in [-0.1, -0.05) is 6.07 Å². The summed E-state index contributed by atoms with van der Waals surface area (Å²) in [6, 6.07) is 12.7. The molecule has 35 heavy (non-hydrogen) atoms. The van der Waals surface area contributed by atoms with Crippen LogP contribution in [0.4, 0.5) is 18.9 Å². The molecule has 0 saturated carbocycles. The van der Waals surface area contributed by atoms with E-state index in [9.17, 15) is 18.4 Å². The predicted octanol–water partition coefficient (Wildman–Crippen LogP) is 5.53. The third-order valence-electron chi connectivity index (χ3n) is 5.39. The van der Waals surface area contributed by atoms with E-state index in [4.69, 9.17) is 0 Å². The fraction of sp³-hybridized carbons (Fsp3) is 0. The van der Waals surface area contributed by atoms with E-state index >= 15 is 4.39 Å². The van der Waals surface area contributed by atoms with Crippen LogP contribution in [0.3, 0.4) is 0 Å². The summed E-state index contributed by atoms with van der Waals surface area (Å²) in [4.78, 5) is 29.9. The third-order valence-corrected chi connectivity index (χ3v) is 5.39. The van der Waals surface area contributed by atoms with E-state index in [0.717, 1.165) is 35.4 Å². The molecule has 1 amide bonds. The van der Waals surface area contributed by atoms with E-state index in [2.05, 4.69) is 20.5 Å². The lowest BCUT2D eigenvalue weighted by molar-refractivity contribution is 0.101. The maximum atomic E-state index is 15.2. The Labute approximate surface area is 196 Å². The van der Waals surface area contributed by atoms with Crippen molar-refractivity contribution in [2.45, 2.75) is 0 Å². The molecule has 6 nitrogen and oxygen atoms in total. The summed E-state index contributed by atoms with van der Waals surface area (Å²) in [7, 11) is 0. The molecule has 0 saturated heterocycles. The Kier molecular flexibility index (Phi) is 5.58. The first kappa shape index (κ1) is 22.0. The lowest BCUT2D eigenvalue weighted by Crippen LogP contribution is -2.15. The number of anilines is 1. The van der Waals surface area contributed by atoms with E-state index in [1.165, 1.54) is 24.3 Å². The highest BCUT2D eigenvalue weighted by molar-refractivity contribution is 6.12. The molecule has 0 radical (unpaired) electrons. The van der Waals surface area contributed by atoms with E-state index in [1.807, 2.05) is 0 Å². The highest BCUT2D eigenvalue weighted by Crippen LogP contribution is 2.26. The molecule has 0 aliphatic heterocycles. The Hall–Kier alpha value is -4.79. The molecule has 0 aliphatic carbocycles. The molecule has 5 rings (SSSR count). The fourth-order valence-electron chi connectivity index (χ4n) is 3.66. The van der Waals surface area contributed by atoms with Gasteiger partial charge in [0.1, 0.15) is 11.6 Å². The largest absolute Gasteiger partial charge is 0.319 e. The number of hydrogen-bond acceptors (Lipinski definition) is 4. The lowest BCUT2D eigenvalue weighted by atomic mass is 9.99. The molecule has 0 fully saturated rings. The van der Waals surface area contributed by atoms with Crippen LogP contribution >= 0.6 is 0 Å². The first-order chi connectivity index (χ1) is 16.9. The van der Waals surface area contributed by atoms with E-state index in [1.54, 1.807) is 30.7 Å². The second-order valence-corrected chi connectivity index (χ2v) is 7.73. The van der Waals surface area contributed by atoms with Crippen molar-refractivity contribution < 1.29 is 22.8 Å². The third kappa shape index (κ3) is 4.39. The Morgan fingerprint density at radius 2 is 1.69 bits per heavy atom. The van der Waals surface area contributed by atoms with E-state index in [0.29, 0.717) is 10.9 Å². The van der Waals surface area contributed by atoms with Crippen molar-refractivity contribution in [2.75, 3.05) is 5.32 Å². The van der Waals surface area contributed by atoms with Crippen molar-refractivity contribution in [2.24, 2.45) is 0 Å². The van der Waals surface area contributed by atoms with Crippen molar-refractivity contribution >= 4 is 28.3 Å². The molecule has 0 bridgehead atoms. The van der Waals surface area contributed by atoms with Crippen molar-refractivity contribution in [3.05, 3.63) is 113 Å². The van der Waals surface area contributed by atoms with Gasteiger partial charge in [0.25, 0.3) is 5.91 Å². The molecular formula is C26H15F3N4O2. The maximum Gasteiger partial charge on any atom is 0.255 e. The molecule has 2 aromatic heterocycles. The van der Waals surface area contributed by atoms with Gasteiger partial charge in [0.05, 0.1) is 23.0 Å². The minimum atomic E-state index is -1.11. The maximum absolute atomic E-state index is 15.2. The van der Waals surface area contributed by atoms with Gasteiger partial charge in [-0.2, -0.15) is 5.10 Å². The molecule has 3 aromatic carbocycles. The SMILES string of the molecule is O=C(Nc1cc(F)cc(C(=O)c2ccc3ncc(-c4cn[nH]c4)cc3c2)c1F)c1cccc(F)c1. The van der Waals surface area contributed by atoms with E-state index < -0.39 is 40.4 Å². The monoisotopic (exact) mass is 472 g/mol. The van der Waals surface area contributed by atoms with Crippen LogP contribution in [-0.2, 0) is 0 Å². The van der Waals surface area contributed by atoms with Gasteiger partial charge in [-0.25, -0.2) is 13.2 Å². The summed E-state index contributed by atoms with van der Waals surface area (Å²) in [5, 5.41) is 9.43. The number of H-pyrrole nitrogens is 1. The molecule has 5 aromatic rings. The molecule has 0 atom stereocenters. The number of nitrogens with one attached hydrogen (secondary N) is 2. The average molecular weight is 472 g/mol. The predicted molar refractivity (Wildman–Crippen MR) is 123 cm³/mol. The number of amides is 1. The van der Waals surface area contributed by atoms with Crippen molar-refractivity contribution in [1.82, 2.24) is 15.2 Å². The molecule has 2 heterocycles. The molecule has 0 aliphatic rings. The van der Waals surface area contributed by atoms with Gasteiger partial charge in [0.15, 0.2) is 11.6 Å². The topological polar surface area (TPSA) is 87.7 Å². The Bertz CT molecular complexity index is 1600. The number of benzene rings is 3. The van der Waals surface area contributed by atoms with Gasteiger partial charge in [-0.05, 0) is 48.5 Å². The van der Waals surface area contributed by atoms with E-state index in [-0.39, 0.29) is 11.1 Å². The number of ketones is 1. The smallest absolute Gasteiger partial charge is 0.255 e. The second-order valence-electron chi connectivity index (χ2n) is 7.73. The molecule has 2 N–H and O–H groups in total. The van der Waals surface area contributed by atoms with Crippen molar-refractivity contribution in [3.8, 4) is 11.1 Å².